The number of hydrogen-bond acceptors (Lipinski definition) is 6. The summed E-state index contributed by atoms with van der Waals surface area (Å²) in [5.41, 5.74) is 5.02. The monoisotopic (exact) mass is 394 g/mol. The second-order valence-electron chi connectivity index (χ2n) is 5.85. The van der Waals surface area contributed by atoms with Gasteiger partial charge in [-0.05, 0) is 37.3 Å². The molecule has 0 atom stereocenters. The van der Waals surface area contributed by atoms with Gasteiger partial charge in [0.2, 0.25) is 0 Å². The lowest BCUT2D eigenvalue weighted by Gasteiger charge is -2.02. The minimum atomic E-state index is -0.256. The Kier molecular flexibility index (Phi) is 4.66. The molecule has 0 spiro atoms. The fourth-order valence-electron chi connectivity index (χ4n) is 2.53. The highest BCUT2D eigenvalue weighted by Crippen LogP contribution is 2.29. The van der Waals surface area contributed by atoms with Gasteiger partial charge in [-0.3, -0.25) is 14.9 Å². The standard InChI is InChI=1S/C19H14N4O2S2/c1-11-3-2-4-12(7-11)17(24)23-19-22-14-6-5-13(8-16(14)27-19)21-18(25)15-9-26-10-20-15/h2-10H,1H3,(H,21,25)(H,22,23,24). The van der Waals surface area contributed by atoms with E-state index in [1.165, 1.54) is 22.7 Å². The molecule has 27 heavy (non-hydrogen) atoms. The molecule has 0 saturated heterocycles. The highest BCUT2D eigenvalue weighted by Gasteiger charge is 2.12. The molecule has 0 aliphatic rings. The van der Waals surface area contributed by atoms with Crippen molar-refractivity contribution in [2.75, 3.05) is 10.6 Å². The van der Waals surface area contributed by atoms with Crippen LogP contribution in [0.25, 0.3) is 10.2 Å². The Balaban J connectivity index is 1.52. The van der Waals surface area contributed by atoms with Gasteiger partial charge >= 0.3 is 0 Å². The zero-order valence-corrected chi connectivity index (χ0v) is 15.9. The molecule has 0 aliphatic heterocycles. The molecule has 0 bridgehead atoms. The summed E-state index contributed by atoms with van der Waals surface area (Å²) in [6.45, 7) is 1.94. The van der Waals surface area contributed by atoms with Crippen molar-refractivity contribution in [2.45, 2.75) is 6.92 Å². The van der Waals surface area contributed by atoms with Crippen LogP contribution in [0.4, 0.5) is 10.8 Å². The maximum absolute atomic E-state index is 12.4. The van der Waals surface area contributed by atoms with Gasteiger partial charge in [-0.25, -0.2) is 9.97 Å². The Morgan fingerprint density at radius 1 is 1.04 bits per heavy atom. The molecule has 0 unspecified atom stereocenters. The number of aromatic nitrogens is 2. The number of hydrogen-bond donors (Lipinski definition) is 2. The summed E-state index contributed by atoms with van der Waals surface area (Å²) in [5, 5.41) is 7.85. The summed E-state index contributed by atoms with van der Waals surface area (Å²) in [6.07, 6.45) is 0. The van der Waals surface area contributed by atoms with Crippen LogP contribution in [0.1, 0.15) is 26.4 Å². The SMILES string of the molecule is Cc1cccc(C(=O)Nc2nc3ccc(NC(=O)c4cscn4)cc3s2)c1. The van der Waals surface area contributed by atoms with E-state index in [9.17, 15) is 9.59 Å². The lowest BCUT2D eigenvalue weighted by molar-refractivity contribution is 0.101. The molecule has 2 amide bonds. The van der Waals surface area contributed by atoms with E-state index in [4.69, 9.17) is 0 Å². The van der Waals surface area contributed by atoms with Crippen molar-refractivity contribution < 1.29 is 9.59 Å². The van der Waals surface area contributed by atoms with Gasteiger partial charge in [-0.2, -0.15) is 0 Å². The van der Waals surface area contributed by atoms with Gasteiger partial charge in [0.1, 0.15) is 5.69 Å². The minimum absolute atomic E-state index is 0.199. The van der Waals surface area contributed by atoms with E-state index in [2.05, 4.69) is 20.6 Å². The first-order chi connectivity index (χ1) is 13.1. The third kappa shape index (κ3) is 3.86. The first-order valence-corrected chi connectivity index (χ1v) is 9.82. The average Bonchev–Trinajstić information content (AvgIpc) is 3.30. The number of aryl methyl sites for hydroxylation is 1. The minimum Gasteiger partial charge on any atom is -0.321 e. The maximum atomic E-state index is 12.4. The van der Waals surface area contributed by atoms with Gasteiger partial charge in [0.15, 0.2) is 5.13 Å². The second-order valence-corrected chi connectivity index (χ2v) is 7.60. The normalized spacial score (nSPS) is 10.7. The molecule has 0 radical (unpaired) electrons. The summed E-state index contributed by atoms with van der Waals surface area (Å²) in [5.74, 6) is -0.456. The second kappa shape index (κ2) is 7.26. The van der Waals surface area contributed by atoms with Gasteiger partial charge in [0.05, 0.1) is 15.7 Å². The summed E-state index contributed by atoms with van der Waals surface area (Å²) in [6, 6.07) is 12.8. The Morgan fingerprint density at radius 2 is 1.93 bits per heavy atom. The highest BCUT2D eigenvalue weighted by molar-refractivity contribution is 7.22. The number of nitrogens with zero attached hydrogens (tertiary/aromatic N) is 2. The number of rotatable bonds is 4. The van der Waals surface area contributed by atoms with E-state index < -0.39 is 0 Å². The van der Waals surface area contributed by atoms with E-state index in [1.54, 1.807) is 23.0 Å². The topological polar surface area (TPSA) is 84.0 Å². The number of amides is 2. The lowest BCUT2D eigenvalue weighted by atomic mass is 10.1. The molecular weight excluding hydrogens is 380 g/mol. The molecule has 4 rings (SSSR count). The van der Waals surface area contributed by atoms with Gasteiger partial charge < -0.3 is 5.32 Å². The molecule has 6 nitrogen and oxygen atoms in total. The highest BCUT2D eigenvalue weighted by atomic mass is 32.1. The van der Waals surface area contributed by atoms with Crippen LogP contribution in [0, 0.1) is 6.92 Å². The number of carbonyl (C=O) groups is 2. The molecule has 0 saturated carbocycles. The Labute approximate surface area is 162 Å². The average molecular weight is 394 g/mol. The molecule has 2 aromatic carbocycles. The number of nitrogens with one attached hydrogen (secondary N) is 2. The van der Waals surface area contributed by atoms with Crippen molar-refractivity contribution in [3.05, 3.63) is 70.2 Å². The number of benzene rings is 2. The fourth-order valence-corrected chi connectivity index (χ4v) is 3.96. The summed E-state index contributed by atoms with van der Waals surface area (Å²) < 4.78 is 0.866. The van der Waals surface area contributed by atoms with E-state index in [0.29, 0.717) is 22.1 Å². The predicted octanol–water partition coefficient (Wildman–Crippen LogP) is 4.57. The van der Waals surface area contributed by atoms with Crippen LogP contribution in [-0.4, -0.2) is 21.8 Å². The van der Waals surface area contributed by atoms with Crippen LogP contribution in [0.3, 0.4) is 0 Å². The largest absolute Gasteiger partial charge is 0.321 e. The third-order valence-corrected chi connectivity index (χ3v) is 5.33. The predicted molar refractivity (Wildman–Crippen MR) is 109 cm³/mol. The van der Waals surface area contributed by atoms with E-state index in [0.717, 1.165) is 15.8 Å². The van der Waals surface area contributed by atoms with Crippen molar-refractivity contribution in [2.24, 2.45) is 0 Å². The molecule has 8 heteroatoms. The molecule has 2 heterocycles. The molecular formula is C19H14N4O2S2. The number of fused-ring (bicyclic) bond motifs is 1. The smallest absolute Gasteiger partial charge is 0.275 e. The quantitative estimate of drug-likeness (QED) is 0.531. The zero-order valence-electron chi connectivity index (χ0n) is 14.2. The van der Waals surface area contributed by atoms with Crippen LogP contribution in [0.5, 0.6) is 0 Å². The number of carbonyl (C=O) groups excluding carboxylic acids is 2. The molecule has 2 aromatic heterocycles. The lowest BCUT2D eigenvalue weighted by Crippen LogP contribution is -2.11. The third-order valence-electron chi connectivity index (χ3n) is 3.81. The number of anilines is 2. The first-order valence-electron chi connectivity index (χ1n) is 8.06. The molecule has 134 valence electrons. The Morgan fingerprint density at radius 3 is 2.70 bits per heavy atom. The summed E-state index contributed by atoms with van der Waals surface area (Å²) in [4.78, 5) is 32.9. The van der Waals surface area contributed by atoms with Crippen LogP contribution < -0.4 is 10.6 Å². The van der Waals surface area contributed by atoms with Gasteiger partial charge in [0.25, 0.3) is 11.8 Å². The van der Waals surface area contributed by atoms with E-state index >= 15 is 0 Å². The van der Waals surface area contributed by atoms with Crippen molar-refractivity contribution in [1.82, 2.24) is 9.97 Å². The number of thiazole rings is 2. The zero-order chi connectivity index (χ0) is 18.8. The molecule has 0 aliphatic carbocycles. The summed E-state index contributed by atoms with van der Waals surface area (Å²) >= 11 is 2.72. The van der Waals surface area contributed by atoms with Crippen molar-refractivity contribution >= 4 is 55.5 Å². The van der Waals surface area contributed by atoms with Crippen LogP contribution in [-0.2, 0) is 0 Å². The van der Waals surface area contributed by atoms with Crippen molar-refractivity contribution in [1.29, 1.82) is 0 Å². The molecule has 0 fully saturated rings. The Bertz CT molecular complexity index is 1140. The van der Waals surface area contributed by atoms with Crippen molar-refractivity contribution in [3.63, 3.8) is 0 Å². The van der Waals surface area contributed by atoms with Gasteiger partial charge in [-0.1, -0.05) is 29.0 Å². The molecule has 4 aromatic rings. The summed E-state index contributed by atoms with van der Waals surface area (Å²) in [7, 11) is 0. The fraction of sp³-hybridized carbons (Fsp3) is 0.0526. The van der Waals surface area contributed by atoms with Gasteiger partial charge in [-0.15, -0.1) is 11.3 Å². The van der Waals surface area contributed by atoms with Crippen LogP contribution in [0.15, 0.2) is 53.4 Å². The molecule has 2 N–H and O–H groups in total. The van der Waals surface area contributed by atoms with E-state index in [1.807, 2.05) is 37.3 Å². The van der Waals surface area contributed by atoms with Crippen molar-refractivity contribution in [3.8, 4) is 0 Å². The van der Waals surface area contributed by atoms with Crippen LogP contribution >= 0.6 is 22.7 Å². The van der Waals surface area contributed by atoms with E-state index in [-0.39, 0.29) is 11.8 Å². The van der Waals surface area contributed by atoms with Crippen LogP contribution in [0.2, 0.25) is 0 Å². The Hall–Kier alpha value is -3.10. The van der Waals surface area contributed by atoms with Gasteiger partial charge in [0, 0.05) is 16.6 Å². The first kappa shape index (κ1) is 17.3. The maximum Gasteiger partial charge on any atom is 0.275 e.